The summed E-state index contributed by atoms with van der Waals surface area (Å²) < 4.78 is 3.74. The van der Waals surface area contributed by atoms with Gasteiger partial charge >= 0.3 is 0 Å². The third-order valence-electron chi connectivity index (χ3n) is 3.25. The molecule has 14 heavy (non-hydrogen) atoms. The van der Waals surface area contributed by atoms with Crippen molar-refractivity contribution in [1.82, 2.24) is 0 Å². The maximum absolute atomic E-state index is 2.44. The van der Waals surface area contributed by atoms with Gasteiger partial charge in [-0.15, -0.1) is 0 Å². The highest BCUT2D eigenvalue weighted by Gasteiger charge is 2.42. The van der Waals surface area contributed by atoms with Gasteiger partial charge in [-0.2, -0.15) is 0 Å². The number of benzene rings is 1. The van der Waals surface area contributed by atoms with Crippen LogP contribution in [0.25, 0.3) is 0 Å². The number of hydrogen-bond acceptors (Lipinski definition) is 1. The van der Waals surface area contributed by atoms with E-state index < -0.39 is 0 Å². The fourth-order valence-electron chi connectivity index (χ4n) is 2.03. The van der Waals surface area contributed by atoms with Gasteiger partial charge in [0.2, 0.25) is 0 Å². The molecule has 0 spiro atoms. The molecule has 0 saturated heterocycles. The third kappa shape index (κ3) is 1.38. The molecule has 1 unspecified atom stereocenters. The highest BCUT2D eigenvalue weighted by molar-refractivity contribution is 14.1. The van der Waals surface area contributed by atoms with Crippen LogP contribution < -0.4 is 3.11 Å². The van der Waals surface area contributed by atoms with Crippen LogP contribution in [0.2, 0.25) is 0 Å². The average Bonchev–Trinajstić information content (AvgIpc) is 2.29. The normalized spacial score (nSPS) is 23.8. The molecule has 0 amide bonds. The molecule has 0 fully saturated rings. The van der Waals surface area contributed by atoms with Gasteiger partial charge in [0.15, 0.2) is 0 Å². The van der Waals surface area contributed by atoms with E-state index in [-0.39, 0.29) is 5.41 Å². The second-order valence-corrected chi connectivity index (χ2v) is 6.54. The first-order chi connectivity index (χ1) is 6.46. The minimum absolute atomic E-state index is 0.258. The Hall–Kier alpha value is 0.480. The Balaban J connectivity index is 2.69. The number of halogens is 2. The largest absolute Gasteiger partial charge is 0.311 e. The third-order valence-corrected chi connectivity index (χ3v) is 5.50. The van der Waals surface area contributed by atoms with Crippen molar-refractivity contribution in [2.45, 2.75) is 32.2 Å². The molecule has 2 rings (SSSR count). The molecule has 76 valence electrons. The van der Waals surface area contributed by atoms with Crippen molar-refractivity contribution in [2.24, 2.45) is 0 Å². The van der Waals surface area contributed by atoms with Gasteiger partial charge in [-0.25, -0.2) is 0 Å². The first-order valence-electron chi connectivity index (χ1n) is 4.70. The number of anilines is 1. The van der Waals surface area contributed by atoms with Crippen LogP contribution >= 0.6 is 45.5 Å². The van der Waals surface area contributed by atoms with E-state index >= 15 is 0 Å². The zero-order chi connectivity index (χ0) is 10.5. The van der Waals surface area contributed by atoms with Crippen molar-refractivity contribution in [3.63, 3.8) is 0 Å². The molecule has 0 aromatic heterocycles. The molecular weight excluding hydrogens is 400 g/mol. The quantitative estimate of drug-likeness (QED) is 0.457. The number of nitrogens with zero attached hydrogens (tertiary/aromatic N) is 1. The SMILES string of the molecule is CC1N(I)c2cccc(I)c2C1(C)C. The summed E-state index contributed by atoms with van der Waals surface area (Å²) in [7, 11) is 0. The summed E-state index contributed by atoms with van der Waals surface area (Å²) in [6, 6.07) is 7.12. The summed E-state index contributed by atoms with van der Waals surface area (Å²) in [4.78, 5) is 0. The summed E-state index contributed by atoms with van der Waals surface area (Å²) in [5, 5.41) is 0. The summed E-state index contributed by atoms with van der Waals surface area (Å²) in [6.07, 6.45) is 0. The molecule has 1 aromatic rings. The van der Waals surface area contributed by atoms with E-state index in [9.17, 15) is 0 Å². The maximum Gasteiger partial charge on any atom is 0.0594 e. The van der Waals surface area contributed by atoms with Gasteiger partial charge in [-0.05, 0) is 47.2 Å². The van der Waals surface area contributed by atoms with Crippen LogP contribution in [0.4, 0.5) is 5.69 Å². The molecular formula is C11H13I2N. The van der Waals surface area contributed by atoms with Gasteiger partial charge in [0.05, 0.1) is 28.6 Å². The zero-order valence-electron chi connectivity index (χ0n) is 8.51. The lowest BCUT2D eigenvalue weighted by atomic mass is 9.81. The Morgan fingerprint density at radius 2 is 2.00 bits per heavy atom. The molecule has 1 nitrogen and oxygen atoms in total. The summed E-state index contributed by atoms with van der Waals surface area (Å²) in [6.45, 7) is 6.96. The first-order valence-corrected chi connectivity index (χ1v) is 6.74. The molecule has 1 aromatic carbocycles. The lowest BCUT2D eigenvalue weighted by Crippen LogP contribution is -2.33. The first kappa shape index (κ1) is 11.0. The Morgan fingerprint density at radius 3 is 2.57 bits per heavy atom. The van der Waals surface area contributed by atoms with Gasteiger partial charge < -0.3 is 3.11 Å². The molecule has 1 aliphatic rings. The molecule has 3 heteroatoms. The van der Waals surface area contributed by atoms with Crippen molar-refractivity contribution >= 4 is 51.1 Å². The molecule has 1 aliphatic heterocycles. The molecule has 0 radical (unpaired) electrons. The molecule has 1 heterocycles. The summed E-state index contributed by atoms with van der Waals surface area (Å²) in [5.74, 6) is 0. The van der Waals surface area contributed by atoms with Crippen molar-refractivity contribution in [2.75, 3.05) is 3.11 Å². The van der Waals surface area contributed by atoms with Crippen molar-refractivity contribution < 1.29 is 0 Å². The van der Waals surface area contributed by atoms with E-state index in [4.69, 9.17) is 0 Å². The van der Waals surface area contributed by atoms with Crippen LogP contribution in [0.1, 0.15) is 26.3 Å². The van der Waals surface area contributed by atoms with E-state index in [2.05, 4.69) is 87.5 Å². The molecule has 0 aliphatic carbocycles. The zero-order valence-corrected chi connectivity index (χ0v) is 12.8. The van der Waals surface area contributed by atoms with Gasteiger partial charge in [0.25, 0.3) is 0 Å². The highest BCUT2D eigenvalue weighted by atomic mass is 127. The smallest absolute Gasteiger partial charge is 0.0594 e. The number of fused-ring (bicyclic) bond motifs is 1. The van der Waals surface area contributed by atoms with Gasteiger partial charge in [-0.3, -0.25) is 0 Å². The Morgan fingerprint density at radius 1 is 1.36 bits per heavy atom. The minimum Gasteiger partial charge on any atom is -0.311 e. The van der Waals surface area contributed by atoms with Crippen LogP contribution in [0.15, 0.2) is 18.2 Å². The van der Waals surface area contributed by atoms with Crippen molar-refractivity contribution in [3.05, 3.63) is 27.3 Å². The van der Waals surface area contributed by atoms with Crippen LogP contribution in [0.5, 0.6) is 0 Å². The number of rotatable bonds is 0. The molecule has 1 atom stereocenters. The maximum atomic E-state index is 2.44. The van der Waals surface area contributed by atoms with Crippen LogP contribution in [-0.4, -0.2) is 6.04 Å². The molecule has 0 saturated carbocycles. The van der Waals surface area contributed by atoms with E-state index in [1.807, 2.05) is 0 Å². The van der Waals surface area contributed by atoms with E-state index in [1.54, 1.807) is 0 Å². The van der Waals surface area contributed by atoms with Crippen molar-refractivity contribution in [1.29, 1.82) is 0 Å². The van der Waals surface area contributed by atoms with Crippen LogP contribution in [0.3, 0.4) is 0 Å². The topological polar surface area (TPSA) is 3.24 Å². The fraction of sp³-hybridized carbons (Fsp3) is 0.455. The van der Waals surface area contributed by atoms with Crippen LogP contribution in [0, 0.1) is 3.57 Å². The monoisotopic (exact) mass is 413 g/mol. The molecule has 0 N–H and O–H groups in total. The second kappa shape index (κ2) is 3.50. The predicted molar refractivity (Wildman–Crippen MR) is 78.1 cm³/mol. The second-order valence-electron chi connectivity index (χ2n) is 4.34. The van der Waals surface area contributed by atoms with E-state index in [1.165, 1.54) is 14.8 Å². The number of hydrogen-bond donors (Lipinski definition) is 0. The van der Waals surface area contributed by atoms with Crippen molar-refractivity contribution in [3.8, 4) is 0 Å². The van der Waals surface area contributed by atoms with E-state index in [0.717, 1.165) is 0 Å². The lowest BCUT2D eigenvalue weighted by molar-refractivity contribution is 0.474. The van der Waals surface area contributed by atoms with Crippen LogP contribution in [-0.2, 0) is 5.41 Å². The fourth-order valence-corrected chi connectivity index (χ4v) is 4.31. The van der Waals surface area contributed by atoms with E-state index in [0.29, 0.717) is 6.04 Å². The van der Waals surface area contributed by atoms with Gasteiger partial charge in [-0.1, -0.05) is 19.9 Å². The van der Waals surface area contributed by atoms with Gasteiger partial charge in [0, 0.05) is 15.0 Å². The highest BCUT2D eigenvalue weighted by Crippen LogP contribution is 2.48. The molecule has 0 bridgehead atoms. The summed E-state index contributed by atoms with van der Waals surface area (Å²) in [5.41, 5.74) is 3.14. The Kier molecular flexibility index (Phi) is 2.75. The minimum atomic E-state index is 0.258. The average molecular weight is 413 g/mol. The Bertz CT molecular complexity index is 374. The Labute approximate surface area is 113 Å². The standard InChI is InChI=1S/C11H13I2N/c1-7-11(2,3)10-8(12)5-4-6-9(10)14(7)13/h4-7H,1-3H3. The predicted octanol–water partition coefficient (Wildman–Crippen LogP) is 4.13. The lowest BCUT2D eigenvalue weighted by Gasteiger charge is -2.27. The summed E-state index contributed by atoms with van der Waals surface area (Å²) >= 11 is 4.86. The van der Waals surface area contributed by atoms with Gasteiger partial charge in [0.1, 0.15) is 0 Å².